The van der Waals surface area contributed by atoms with E-state index < -0.39 is 65.7 Å². The summed E-state index contributed by atoms with van der Waals surface area (Å²) in [4.78, 5) is 36.1. The van der Waals surface area contributed by atoms with E-state index in [4.69, 9.17) is 20.6 Å². The number of aliphatic carboxylic acids is 3. The molecular weight excluding hydrogens is 504 g/mol. The Bertz CT molecular complexity index is 1130. The van der Waals surface area contributed by atoms with Crippen molar-refractivity contribution in [3.8, 4) is 12.3 Å². The summed E-state index contributed by atoms with van der Waals surface area (Å²) in [6.07, 6.45) is -2.80. The Morgan fingerprint density at radius 3 is 2.29 bits per heavy atom. The molecule has 38 heavy (non-hydrogen) atoms. The number of hydrogen-bond donors (Lipinski definition) is 6. The van der Waals surface area contributed by atoms with Crippen molar-refractivity contribution in [2.45, 2.75) is 67.6 Å². The molecule has 0 spiro atoms. The van der Waals surface area contributed by atoms with Crippen LogP contribution in [-0.4, -0.2) is 96.6 Å². The van der Waals surface area contributed by atoms with Crippen LogP contribution in [0.3, 0.4) is 0 Å². The number of carboxylic acids is 3. The molecule has 6 N–H and O–H groups in total. The lowest BCUT2D eigenvalue weighted by molar-refractivity contribution is -0.374. The van der Waals surface area contributed by atoms with E-state index in [-0.39, 0.29) is 18.9 Å². The zero-order valence-electron chi connectivity index (χ0n) is 20.5. The highest BCUT2D eigenvalue weighted by Gasteiger charge is 2.84. The summed E-state index contributed by atoms with van der Waals surface area (Å²) in [6, 6.07) is 9.49. The van der Waals surface area contributed by atoms with Gasteiger partial charge in [-0.2, -0.15) is 0 Å². The van der Waals surface area contributed by atoms with Crippen LogP contribution in [0.15, 0.2) is 42.5 Å². The minimum absolute atomic E-state index is 0.0584. The fourth-order valence-corrected chi connectivity index (χ4v) is 5.22. The summed E-state index contributed by atoms with van der Waals surface area (Å²) in [7, 11) is 0. The molecule has 2 aliphatic heterocycles. The van der Waals surface area contributed by atoms with Crippen LogP contribution in [-0.2, 0) is 35.0 Å². The molecule has 0 aromatic heterocycles. The van der Waals surface area contributed by atoms with Crippen molar-refractivity contribution >= 4 is 17.9 Å². The molecule has 0 amide bonds. The van der Waals surface area contributed by atoms with Crippen molar-refractivity contribution in [2.24, 2.45) is 5.92 Å². The van der Waals surface area contributed by atoms with Crippen molar-refractivity contribution in [1.82, 2.24) is 0 Å². The molecule has 1 aromatic carbocycles. The number of rotatable bonds is 12. The second kappa shape index (κ2) is 10.8. The maximum Gasteiger partial charge on any atom is 0.343 e. The first kappa shape index (κ1) is 29.2. The van der Waals surface area contributed by atoms with E-state index in [2.05, 4.69) is 12.5 Å². The molecule has 206 valence electrons. The predicted molar refractivity (Wildman–Crippen MR) is 128 cm³/mol. The van der Waals surface area contributed by atoms with E-state index in [0.29, 0.717) is 12.0 Å². The minimum Gasteiger partial charge on any atom is -0.479 e. The van der Waals surface area contributed by atoms with Gasteiger partial charge in [0.05, 0.1) is 6.10 Å². The summed E-state index contributed by atoms with van der Waals surface area (Å²) < 4.78 is 16.4. The third-order valence-corrected chi connectivity index (χ3v) is 7.09. The summed E-state index contributed by atoms with van der Waals surface area (Å²) in [5.41, 5.74) is -5.82. The van der Waals surface area contributed by atoms with Gasteiger partial charge in [-0.15, -0.1) is 6.42 Å². The van der Waals surface area contributed by atoms with Crippen LogP contribution in [0, 0.1) is 18.3 Å². The third-order valence-electron chi connectivity index (χ3n) is 7.09. The first-order valence-electron chi connectivity index (χ1n) is 11.7. The van der Waals surface area contributed by atoms with Crippen LogP contribution in [0.25, 0.3) is 0 Å². The lowest BCUT2D eigenvalue weighted by Gasteiger charge is -2.48. The van der Waals surface area contributed by atoms with E-state index in [1.807, 2.05) is 37.3 Å². The Hall–Kier alpha value is -3.31. The van der Waals surface area contributed by atoms with Gasteiger partial charge < -0.3 is 44.8 Å². The van der Waals surface area contributed by atoms with E-state index in [1.54, 1.807) is 0 Å². The van der Waals surface area contributed by atoms with Crippen molar-refractivity contribution < 1.29 is 59.2 Å². The molecule has 2 saturated heterocycles. The highest BCUT2D eigenvalue weighted by molar-refractivity contribution is 5.97. The normalized spacial score (nSPS) is 33.6. The second-order valence-corrected chi connectivity index (χ2v) is 9.51. The van der Waals surface area contributed by atoms with Crippen LogP contribution >= 0.6 is 0 Å². The number of aliphatic hydroxyl groups excluding tert-OH is 2. The predicted octanol–water partition coefficient (Wildman–Crippen LogP) is -0.209. The standard InChI is InChI=1S/C26H30O12/c1-4-12-36-17(15(3)13-16-8-6-5-7-9-16)14(2)10-11-24-18(27)19(28)26(38-24,23(33)34)25(35,22(31)32)20(37-24)21(29)30/h1,5-9,15,17-20,27-28,35H,2,10-13H2,3H3,(H,29,30)(H,31,32)(H,33,34)/t15-,17-,18-,19-,20-,24+,25-,26+/m1/s1. The highest BCUT2D eigenvalue weighted by Crippen LogP contribution is 2.54. The van der Waals surface area contributed by atoms with Crippen molar-refractivity contribution in [1.29, 1.82) is 0 Å². The fourth-order valence-electron chi connectivity index (χ4n) is 5.22. The Kier molecular flexibility index (Phi) is 8.33. The molecule has 2 heterocycles. The quantitative estimate of drug-likeness (QED) is 0.152. The average molecular weight is 535 g/mol. The Morgan fingerprint density at radius 1 is 1.13 bits per heavy atom. The number of hydrogen-bond acceptors (Lipinski definition) is 9. The van der Waals surface area contributed by atoms with Gasteiger partial charge in [-0.25, -0.2) is 14.4 Å². The monoisotopic (exact) mass is 534 g/mol. The topological polar surface area (TPSA) is 200 Å². The van der Waals surface area contributed by atoms with Crippen LogP contribution in [0.1, 0.15) is 25.3 Å². The average Bonchev–Trinajstić information content (AvgIpc) is 3.06. The molecule has 8 atom stereocenters. The molecule has 2 fully saturated rings. The number of carbonyl (C=O) groups is 3. The third kappa shape index (κ3) is 4.58. The molecule has 0 aliphatic carbocycles. The van der Waals surface area contributed by atoms with Crippen molar-refractivity contribution in [3.63, 3.8) is 0 Å². The summed E-state index contributed by atoms with van der Waals surface area (Å²) in [5.74, 6) is -6.88. The smallest absolute Gasteiger partial charge is 0.343 e. The Morgan fingerprint density at radius 2 is 1.76 bits per heavy atom. The number of carboxylic acid groups (broad SMARTS) is 3. The number of fused-ring (bicyclic) bond motifs is 2. The molecule has 12 nitrogen and oxygen atoms in total. The minimum atomic E-state index is -3.79. The first-order valence-corrected chi connectivity index (χ1v) is 11.7. The van der Waals surface area contributed by atoms with Gasteiger partial charge in [-0.3, -0.25) is 0 Å². The zero-order chi connectivity index (χ0) is 28.5. The molecule has 0 unspecified atom stereocenters. The SMILES string of the molecule is C#CCO[C@H](C(=C)CC[C@]12O[C@H](C(=O)O)[C@@](O)(C(=O)O)[C@](C(=O)O)(O1)[C@H](O)[C@H]2O)[C@H](C)Cc1ccccc1. The van der Waals surface area contributed by atoms with Crippen LogP contribution < -0.4 is 0 Å². The maximum absolute atomic E-state index is 12.2. The number of benzene rings is 1. The van der Waals surface area contributed by atoms with Gasteiger partial charge in [-0.05, 0) is 29.9 Å². The number of ether oxygens (including phenoxy) is 3. The van der Waals surface area contributed by atoms with Gasteiger partial charge in [0.2, 0.25) is 17.3 Å². The largest absolute Gasteiger partial charge is 0.479 e. The highest BCUT2D eigenvalue weighted by atomic mass is 16.8. The van der Waals surface area contributed by atoms with Gasteiger partial charge in [0.1, 0.15) is 18.8 Å². The van der Waals surface area contributed by atoms with Gasteiger partial charge in [0.15, 0.2) is 5.79 Å². The van der Waals surface area contributed by atoms with Gasteiger partial charge >= 0.3 is 17.9 Å². The fraction of sp³-hybridized carbons (Fsp3) is 0.500. The molecule has 12 heteroatoms. The van der Waals surface area contributed by atoms with E-state index in [9.17, 15) is 45.0 Å². The molecule has 2 bridgehead atoms. The van der Waals surface area contributed by atoms with Gasteiger partial charge in [0.25, 0.3) is 0 Å². The first-order chi connectivity index (χ1) is 17.8. The van der Waals surface area contributed by atoms with Gasteiger partial charge in [0, 0.05) is 6.42 Å². The number of aliphatic hydroxyl groups is 3. The number of terminal acetylenes is 1. The van der Waals surface area contributed by atoms with Crippen LogP contribution in [0.5, 0.6) is 0 Å². The molecule has 1 aromatic rings. The Balaban J connectivity index is 1.91. The van der Waals surface area contributed by atoms with Crippen molar-refractivity contribution in [3.05, 3.63) is 48.0 Å². The van der Waals surface area contributed by atoms with E-state index in [1.165, 1.54) is 0 Å². The van der Waals surface area contributed by atoms with Gasteiger partial charge in [-0.1, -0.05) is 49.8 Å². The second-order valence-electron chi connectivity index (χ2n) is 9.51. The maximum atomic E-state index is 12.2. The molecule has 0 radical (unpaired) electrons. The van der Waals surface area contributed by atoms with Crippen LogP contribution in [0.4, 0.5) is 0 Å². The summed E-state index contributed by atoms with van der Waals surface area (Å²) in [6.45, 7) is 5.85. The molecule has 3 rings (SSSR count). The summed E-state index contributed by atoms with van der Waals surface area (Å²) >= 11 is 0. The Labute approximate surface area is 218 Å². The van der Waals surface area contributed by atoms with E-state index in [0.717, 1.165) is 5.56 Å². The van der Waals surface area contributed by atoms with Crippen LogP contribution in [0.2, 0.25) is 0 Å². The van der Waals surface area contributed by atoms with E-state index >= 15 is 0 Å². The lowest BCUT2D eigenvalue weighted by atomic mass is 9.74. The molecular formula is C26H30O12. The molecule has 0 saturated carbocycles. The summed E-state index contributed by atoms with van der Waals surface area (Å²) in [5, 5.41) is 61.4. The molecule has 2 aliphatic rings. The lowest BCUT2D eigenvalue weighted by Crippen LogP contribution is -2.77. The zero-order valence-corrected chi connectivity index (χ0v) is 20.5. The van der Waals surface area contributed by atoms with Crippen molar-refractivity contribution in [2.75, 3.05) is 6.61 Å².